The minimum Gasteiger partial charge on any atom is -0.343 e. The highest BCUT2D eigenvalue weighted by molar-refractivity contribution is 5.97. The van der Waals surface area contributed by atoms with Crippen molar-refractivity contribution >= 4 is 28.7 Å². The molecule has 0 aliphatic heterocycles. The van der Waals surface area contributed by atoms with E-state index in [-0.39, 0.29) is 30.0 Å². The van der Waals surface area contributed by atoms with Gasteiger partial charge in [-0.25, -0.2) is 9.67 Å². The first kappa shape index (κ1) is 18.1. The number of imidazole rings is 1. The molecule has 2 amide bonds. The van der Waals surface area contributed by atoms with Crippen LogP contribution >= 0.6 is 0 Å². The molecule has 1 saturated carbocycles. The van der Waals surface area contributed by atoms with Gasteiger partial charge in [-0.1, -0.05) is 30.3 Å². The highest BCUT2D eigenvalue weighted by atomic mass is 16.2. The lowest BCUT2D eigenvalue weighted by Crippen LogP contribution is -2.24. The first-order valence-electron chi connectivity index (χ1n) is 9.85. The third-order valence-corrected chi connectivity index (χ3v) is 5.00. The molecule has 1 fully saturated rings. The van der Waals surface area contributed by atoms with Gasteiger partial charge in [-0.3, -0.25) is 9.59 Å². The summed E-state index contributed by atoms with van der Waals surface area (Å²) in [6, 6.07) is 18.7. The Bertz CT molecular complexity index is 1190. The summed E-state index contributed by atoms with van der Waals surface area (Å²) in [4.78, 5) is 32.6. The number of rotatable bonds is 6. The normalized spacial score (nSPS) is 13.3. The van der Waals surface area contributed by atoms with Crippen molar-refractivity contribution in [3.05, 3.63) is 72.2 Å². The average Bonchev–Trinajstić information content (AvgIpc) is 3.41. The fourth-order valence-corrected chi connectivity index (χ4v) is 3.26. The van der Waals surface area contributed by atoms with Crippen molar-refractivity contribution in [3.8, 4) is 5.69 Å². The van der Waals surface area contributed by atoms with E-state index in [4.69, 9.17) is 0 Å². The maximum absolute atomic E-state index is 12.7. The van der Waals surface area contributed by atoms with Crippen LogP contribution in [0.4, 0.5) is 5.82 Å². The number of carbonyl (C=O) groups excluding carboxylic acids is 2. The summed E-state index contributed by atoms with van der Waals surface area (Å²) in [5, 5.41) is 10.2. The minimum atomic E-state index is -0.341. The fraction of sp³-hybridized carbons (Fsp3) is 0.182. The first-order chi connectivity index (χ1) is 14.7. The second-order valence-electron chi connectivity index (χ2n) is 7.31. The number of H-pyrrole nitrogens is 1. The molecule has 2 aromatic carbocycles. The van der Waals surface area contributed by atoms with Crippen molar-refractivity contribution in [3.63, 3.8) is 0 Å². The van der Waals surface area contributed by atoms with E-state index >= 15 is 0 Å². The van der Waals surface area contributed by atoms with Crippen molar-refractivity contribution in [1.82, 2.24) is 25.1 Å². The molecule has 2 heterocycles. The Labute approximate surface area is 172 Å². The molecule has 1 aliphatic rings. The molecular formula is C22H20N6O2. The van der Waals surface area contributed by atoms with Crippen LogP contribution in [0.15, 0.2) is 60.7 Å². The number of hydrogen-bond donors (Lipinski definition) is 3. The van der Waals surface area contributed by atoms with Crippen LogP contribution in [0.2, 0.25) is 0 Å². The number of nitrogens with one attached hydrogen (secondary N) is 3. The number of anilines is 1. The monoisotopic (exact) mass is 400 g/mol. The molecule has 30 heavy (non-hydrogen) atoms. The number of amides is 2. The average molecular weight is 400 g/mol. The Morgan fingerprint density at radius 3 is 2.60 bits per heavy atom. The van der Waals surface area contributed by atoms with Gasteiger partial charge < -0.3 is 15.6 Å². The van der Waals surface area contributed by atoms with Gasteiger partial charge in [-0.05, 0) is 37.1 Å². The number of nitrogens with zero attached hydrogens (tertiary/aromatic N) is 3. The van der Waals surface area contributed by atoms with E-state index in [0.717, 1.165) is 29.6 Å². The van der Waals surface area contributed by atoms with Gasteiger partial charge in [-0.15, -0.1) is 0 Å². The van der Waals surface area contributed by atoms with Crippen LogP contribution < -0.4 is 10.6 Å². The van der Waals surface area contributed by atoms with Crippen LogP contribution in [0.1, 0.15) is 29.2 Å². The predicted octanol–water partition coefficient (Wildman–Crippen LogP) is 3.03. The van der Waals surface area contributed by atoms with E-state index in [0.29, 0.717) is 11.6 Å². The van der Waals surface area contributed by atoms with E-state index < -0.39 is 0 Å². The van der Waals surface area contributed by atoms with Crippen molar-refractivity contribution in [2.75, 3.05) is 5.32 Å². The van der Waals surface area contributed by atoms with Crippen LogP contribution in [-0.2, 0) is 11.3 Å². The van der Waals surface area contributed by atoms with Crippen molar-refractivity contribution < 1.29 is 9.59 Å². The molecule has 150 valence electrons. The van der Waals surface area contributed by atoms with E-state index in [2.05, 4.69) is 25.7 Å². The summed E-state index contributed by atoms with van der Waals surface area (Å²) >= 11 is 0. The maximum Gasteiger partial charge on any atom is 0.272 e. The first-order valence-corrected chi connectivity index (χ1v) is 9.85. The maximum atomic E-state index is 12.7. The Kier molecular flexibility index (Phi) is 4.51. The van der Waals surface area contributed by atoms with Crippen LogP contribution in [-0.4, -0.2) is 31.6 Å². The Morgan fingerprint density at radius 1 is 1.07 bits per heavy atom. The lowest BCUT2D eigenvalue weighted by atomic mass is 10.3. The van der Waals surface area contributed by atoms with E-state index in [1.807, 2.05) is 54.6 Å². The third-order valence-electron chi connectivity index (χ3n) is 5.00. The highest BCUT2D eigenvalue weighted by Crippen LogP contribution is 2.30. The Hall–Kier alpha value is -3.94. The van der Waals surface area contributed by atoms with Gasteiger partial charge >= 0.3 is 0 Å². The smallest absolute Gasteiger partial charge is 0.272 e. The minimum absolute atomic E-state index is 0.0404. The molecule has 2 aromatic heterocycles. The Morgan fingerprint density at radius 2 is 1.83 bits per heavy atom. The van der Waals surface area contributed by atoms with Crippen molar-refractivity contribution in [2.45, 2.75) is 19.4 Å². The van der Waals surface area contributed by atoms with Gasteiger partial charge in [0, 0.05) is 12.0 Å². The number of benzene rings is 2. The predicted molar refractivity (Wildman–Crippen MR) is 112 cm³/mol. The summed E-state index contributed by atoms with van der Waals surface area (Å²) in [6.07, 6.45) is 1.80. The topological polar surface area (TPSA) is 105 Å². The number of para-hydroxylation sites is 3. The van der Waals surface area contributed by atoms with Gasteiger partial charge in [0.15, 0.2) is 5.69 Å². The zero-order chi connectivity index (χ0) is 20.5. The molecule has 4 aromatic rings. The summed E-state index contributed by atoms with van der Waals surface area (Å²) in [5.74, 6) is 0.809. The molecule has 0 atom stereocenters. The molecule has 0 unspecified atom stereocenters. The number of carbonyl (C=O) groups is 2. The summed E-state index contributed by atoms with van der Waals surface area (Å²) in [7, 11) is 0. The molecular weight excluding hydrogens is 380 g/mol. The van der Waals surface area contributed by atoms with Crippen LogP contribution in [0, 0.1) is 5.92 Å². The second kappa shape index (κ2) is 7.47. The zero-order valence-electron chi connectivity index (χ0n) is 16.1. The van der Waals surface area contributed by atoms with Gasteiger partial charge in [0.1, 0.15) is 11.6 Å². The molecule has 0 saturated heterocycles. The number of aromatic nitrogens is 4. The second-order valence-corrected chi connectivity index (χ2v) is 7.31. The summed E-state index contributed by atoms with van der Waals surface area (Å²) < 4.78 is 1.58. The number of hydrogen-bond acceptors (Lipinski definition) is 4. The quantitative estimate of drug-likeness (QED) is 0.463. The lowest BCUT2D eigenvalue weighted by molar-refractivity contribution is -0.117. The molecule has 0 radical (unpaired) electrons. The third kappa shape index (κ3) is 3.67. The molecule has 1 aliphatic carbocycles. The van der Waals surface area contributed by atoms with Crippen LogP contribution in [0.3, 0.4) is 0 Å². The molecule has 8 heteroatoms. The SMILES string of the molecule is O=C(NCc1nc2ccccc2[nH]1)c1cc(NC(=O)C2CC2)n(-c2ccccc2)n1. The zero-order valence-corrected chi connectivity index (χ0v) is 16.1. The molecule has 0 bridgehead atoms. The Balaban J connectivity index is 1.36. The largest absolute Gasteiger partial charge is 0.343 e. The standard InChI is InChI=1S/C22H20N6O2/c29-21(14-10-11-14)26-20-12-18(27-28(20)15-6-2-1-3-7-15)22(30)23-13-19-24-16-8-4-5-9-17(16)25-19/h1-9,12,14H,10-11,13H2,(H,23,30)(H,24,25)(H,26,29). The van der Waals surface area contributed by atoms with Gasteiger partial charge in [0.2, 0.25) is 5.91 Å². The molecule has 8 nitrogen and oxygen atoms in total. The molecule has 0 spiro atoms. The van der Waals surface area contributed by atoms with Gasteiger partial charge in [-0.2, -0.15) is 5.10 Å². The van der Waals surface area contributed by atoms with Crippen LogP contribution in [0.25, 0.3) is 16.7 Å². The summed E-state index contributed by atoms with van der Waals surface area (Å²) in [5.41, 5.74) is 2.75. The summed E-state index contributed by atoms with van der Waals surface area (Å²) in [6.45, 7) is 0.246. The van der Waals surface area contributed by atoms with Crippen LogP contribution in [0.5, 0.6) is 0 Å². The van der Waals surface area contributed by atoms with Crippen molar-refractivity contribution in [2.24, 2.45) is 5.92 Å². The lowest BCUT2D eigenvalue weighted by Gasteiger charge is -2.08. The van der Waals surface area contributed by atoms with Gasteiger partial charge in [0.05, 0.1) is 23.3 Å². The van der Waals surface area contributed by atoms with Crippen molar-refractivity contribution in [1.29, 1.82) is 0 Å². The van der Waals surface area contributed by atoms with E-state index in [1.165, 1.54) is 0 Å². The fourth-order valence-electron chi connectivity index (χ4n) is 3.26. The number of aromatic amines is 1. The molecule has 5 rings (SSSR count). The van der Waals surface area contributed by atoms with E-state index in [9.17, 15) is 9.59 Å². The van der Waals surface area contributed by atoms with Gasteiger partial charge in [0.25, 0.3) is 5.91 Å². The molecule has 3 N–H and O–H groups in total. The highest BCUT2D eigenvalue weighted by Gasteiger charge is 2.30. The van der Waals surface area contributed by atoms with E-state index in [1.54, 1.807) is 10.7 Å². The number of fused-ring (bicyclic) bond motifs is 1.